The molecule has 1 N–H and O–H groups in total. The Hall–Kier alpha value is -1.61. The van der Waals surface area contributed by atoms with Crippen LogP contribution in [0.25, 0.3) is 0 Å². The number of nitrogens with zero attached hydrogens (tertiary/aromatic N) is 1. The molecular formula is C9H5F2NO2S. The Morgan fingerprint density at radius 1 is 1.53 bits per heavy atom. The molecule has 0 amide bonds. The molecule has 78 valence electrons. The predicted octanol–water partition coefficient (Wildman–Crippen LogP) is 2.48. The number of benzene rings is 1. The highest BCUT2D eigenvalue weighted by Crippen LogP contribution is 2.28. The van der Waals surface area contributed by atoms with Crippen LogP contribution in [-0.4, -0.2) is 11.1 Å². The summed E-state index contributed by atoms with van der Waals surface area (Å²) in [5, 5.41) is 17.3. The summed E-state index contributed by atoms with van der Waals surface area (Å²) in [6, 6.07) is 3.34. The van der Waals surface area contributed by atoms with Crippen LogP contribution in [0.15, 0.2) is 17.0 Å². The van der Waals surface area contributed by atoms with Gasteiger partial charge >= 0.3 is 5.97 Å². The van der Waals surface area contributed by atoms with E-state index in [0.29, 0.717) is 0 Å². The Bertz CT molecular complexity index is 454. The van der Waals surface area contributed by atoms with Gasteiger partial charge in [-0.1, -0.05) is 0 Å². The van der Waals surface area contributed by atoms with Gasteiger partial charge < -0.3 is 5.11 Å². The number of thiol groups is 1. The van der Waals surface area contributed by atoms with Crippen LogP contribution in [0.2, 0.25) is 0 Å². The summed E-state index contributed by atoms with van der Waals surface area (Å²) < 4.78 is 24.7. The van der Waals surface area contributed by atoms with Crippen LogP contribution in [0.3, 0.4) is 0 Å². The van der Waals surface area contributed by atoms with E-state index in [1.165, 1.54) is 0 Å². The molecule has 0 aliphatic carbocycles. The van der Waals surface area contributed by atoms with Crippen molar-refractivity contribution >= 4 is 18.6 Å². The lowest BCUT2D eigenvalue weighted by molar-refractivity contribution is 0.0695. The van der Waals surface area contributed by atoms with Crippen molar-refractivity contribution in [3.05, 3.63) is 28.8 Å². The molecule has 1 aromatic carbocycles. The molecule has 6 heteroatoms. The van der Waals surface area contributed by atoms with Gasteiger partial charge in [-0.15, -0.1) is 12.6 Å². The van der Waals surface area contributed by atoms with E-state index in [2.05, 4.69) is 12.6 Å². The van der Waals surface area contributed by atoms with Gasteiger partial charge in [-0.3, -0.25) is 0 Å². The molecule has 0 fully saturated rings. The fourth-order valence-electron chi connectivity index (χ4n) is 1.05. The van der Waals surface area contributed by atoms with E-state index in [4.69, 9.17) is 10.4 Å². The van der Waals surface area contributed by atoms with E-state index in [9.17, 15) is 13.6 Å². The second-order valence-corrected chi connectivity index (χ2v) is 3.16. The fraction of sp³-hybridized carbons (Fsp3) is 0.111. The minimum atomic E-state index is -2.78. The normalized spacial score (nSPS) is 10.1. The average molecular weight is 229 g/mol. The number of carbonyl (C=O) groups is 1. The van der Waals surface area contributed by atoms with E-state index in [1.807, 2.05) is 0 Å². The lowest BCUT2D eigenvalue weighted by atomic mass is 10.0. The van der Waals surface area contributed by atoms with Crippen LogP contribution < -0.4 is 0 Å². The molecule has 15 heavy (non-hydrogen) atoms. The summed E-state index contributed by atoms with van der Waals surface area (Å²) in [4.78, 5) is 10.5. The predicted molar refractivity (Wildman–Crippen MR) is 50.3 cm³/mol. The maximum absolute atomic E-state index is 12.4. The molecule has 0 unspecified atom stereocenters. The van der Waals surface area contributed by atoms with Crippen LogP contribution in [0, 0.1) is 11.3 Å². The molecule has 0 saturated carbocycles. The zero-order valence-electron chi connectivity index (χ0n) is 7.24. The fourth-order valence-corrected chi connectivity index (χ4v) is 1.34. The van der Waals surface area contributed by atoms with Crippen LogP contribution in [0.1, 0.15) is 27.9 Å². The van der Waals surface area contributed by atoms with Gasteiger partial charge in [-0.2, -0.15) is 5.26 Å². The van der Waals surface area contributed by atoms with E-state index in [0.717, 1.165) is 12.1 Å². The van der Waals surface area contributed by atoms with E-state index in [1.54, 1.807) is 6.07 Å². The molecular weight excluding hydrogens is 224 g/mol. The third-order valence-corrected chi connectivity index (χ3v) is 2.14. The van der Waals surface area contributed by atoms with Crippen LogP contribution >= 0.6 is 12.6 Å². The van der Waals surface area contributed by atoms with E-state index in [-0.39, 0.29) is 16.0 Å². The third-order valence-electron chi connectivity index (χ3n) is 1.75. The second kappa shape index (κ2) is 4.28. The van der Waals surface area contributed by atoms with Crippen LogP contribution in [0.4, 0.5) is 8.78 Å². The van der Waals surface area contributed by atoms with Gasteiger partial charge in [0.05, 0.1) is 11.1 Å². The van der Waals surface area contributed by atoms with Crippen molar-refractivity contribution < 1.29 is 18.7 Å². The molecule has 1 rings (SSSR count). The highest BCUT2D eigenvalue weighted by molar-refractivity contribution is 7.80. The SMILES string of the molecule is N#Cc1cc(C(F)F)c(S)cc1C(=O)O. The third kappa shape index (κ3) is 2.25. The molecule has 0 aliphatic heterocycles. The molecule has 1 aromatic rings. The van der Waals surface area contributed by atoms with Crippen molar-refractivity contribution in [3.8, 4) is 6.07 Å². The van der Waals surface area contributed by atoms with Gasteiger partial charge in [0, 0.05) is 10.5 Å². The Morgan fingerprint density at radius 2 is 2.13 bits per heavy atom. The summed E-state index contributed by atoms with van der Waals surface area (Å²) in [6.45, 7) is 0. The number of carboxylic acid groups (broad SMARTS) is 1. The van der Waals surface area contributed by atoms with Gasteiger partial charge in [0.25, 0.3) is 6.43 Å². The molecule has 0 saturated heterocycles. The first-order chi connectivity index (χ1) is 6.97. The lowest BCUT2D eigenvalue weighted by Gasteiger charge is -2.06. The molecule has 0 heterocycles. The van der Waals surface area contributed by atoms with Crippen molar-refractivity contribution in [3.63, 3.8) is 0 Å². The van der Waals surface area contributed by atoms with Gasteiger partial charge in [0.2, 0.25) is 0 Å². The maximum atomic E-state index is 12.4. The number of carboxylic acids is 1. The number of alkyl halides is 2. The first-order valence-corrected chi connectivity index (χ1v) is 4.20. The monoisotopic (exact) mass is 229 g/mol. The molecule has 3 nitrogen and oxygen atoms in total. The Balaban J connectivity index is 3.44. The van der Waals surface area contributed by atoms with Crippen molar-refractivity contribution in [2.45, 2.75) is 11.3 Å². The molecule has 0 atom stereocenters. The summed E-state index contributed by atoms with van der Waals surface area (Å²) in [5.74, 6) is -1.34. The molecule has 0 aromatic heterocycles. The van der Waals surface area contributed by atoms with Crippen molar-refractivity contribution in [1.82, 2.24) is 0 Å². The number of aromatic carboxylic acids is 1. The maximum Gasteiger partial charge on any atom is 0.337 e. The van der Waals surface area contributed by atoms with Crippen molar-refractivity contribution in [2.75, 3.05) is 0 Å². The zero-order valence-corrected chi connectivity index (χ0v) is 8.13. The molecule has 0 radical (unpaired) electrons. The summed E-state index contributed by atoms with van der Waals surface area (Å²) in [7, 11) is 0. The summed E-state index contributed by atoms with van der Waals surface area (Å²) in [6.07, 6.45) is -2.78. The molecule has 0 aliphatic rings. The topological polar surface area (TPSA) is 61.1 Å². The van der Waals surface area contributed by atoms with E-state index < -0.39 is 18.0 Å². The van der Waals surface area contributed by atoms with Crippen molar-refractivity contribution in [1.29, 1.82) is 5.26 Å². The molecule has 0 bridgehead atoms. The van der Waals surface area contributed by atoms with Crippen molar-refractivity contribution in [2.24, 2.45) is 0 Å². The lowest BCUT2D eigenvalue weighted by Crippen LogP contribution is -2.02. The smallest absolute Gasteiger partial charge is 0.337 e. The number of rotatable bonds is 2. The largest absolute Gasteiger partial charge is 0.478 e. The quantitative estimate of drug-likeness (QED) is 0.766. The number of nitriles is 1. The van der Waals surface area contributed by atoms with Gasteiger partial charge in [-0.25, -0.2) is 13.6 Å². The minimum absolute atomic E-state index is 0.138. The minimum Gasteiger partial charge on any atom is -0.478 e. The summed E-state index contributed by atoms with van der Waals surface area (Å²) >= 11 is 3.73. The second-order valence-electron chi connectivity index (χ2n) is 2.67. The highest BCUT2D eigenvalue weighted by atomic mass is 32.1. The van der Waals surface area contributed by atoms with Crippen LogP contribution in [0.5, 0.6) is 0 Å². The van der Waals surface area contributed by atoms with Gasteiger partial charge in [-0.05, 0) is 12.1 Å². The Kier molecular flexibility index (Phi) is 3.27. The number of hydrogen-bond donors (Lipinski definition) is 2. The first-order valence-electron chi connectivity index (χ1n) is 3.75. The Labute approximate surface area is 89.4 Å². The highest BCUT2D eigenvalue weighted by Gasteiger charge is 2.18. The standard InChI is InChI=1S/C9H5F2NO2S/c10-8(11)6-1-4(3-12)5(9(13)14)2-7(6)15/h1-2,8,15H,(H,13,14). The van der Waals surface area contributed by atoms with Crippen LogP contribution in [-0.2, 0) is 0 Å². The molecule has 0 spiro atoms. The van der Waals surface area contributed by atoms with Gasteiger partial charge in [0.1, 0.15) is 6.07 Å². The van der Waals surface area contributed by atoms with E-state index >= 15 is 0 Å². The van der Waals surface area contributed by atoms with Gasteiger partial charge in [0.15, 0.2) is 0 Å². The Morgan fingerprint density at radius 3 is 2.53 bits per heavy atom. The average Bonchev–Trinajstić information content (AvgIpc) is 2.16. The number of halogens is 2. The zero-order chi connectivity index (χ0) is 11.6. The summed E-state index contributed by atoms with van der Waals surface area (Å²) in [5.41, 5.74) is -1.07. The first kappa shape index (κ1) is 11.5. The number of hydrogen-bond acceptors (Lipinski definition) is 3.